The molecule has 2 rings (SSSR count). The van der Waals surface area contributed by atoms with Crippen LogP contribution in [-0.2, 0) is 11.3 Å². The number of hydrogen-bond donors (Lipinski definition) is 1. The number of aromatic nitrogens is 3. The minimum Gasteiger partial charge on any atom is -0.439 e. The normalized spacial score (nSPS) is 10.7. The zero-order valence-electron chi connectivity index (χ0n) is 9.51. The minimum atomic E-state index is 0.323. The van der Waals surface area contributed by atoms with Crippen molar-refractivity contribution in [3.05, 3.63) is 23.8 Å². The molecule has 0 radical (unpaired) electrons. The fraction of sp³-hybridized carbons (Fsp3) is 0.300. The summed E-state index contributed by atoms with van der Waals surface area (Å²) in [7, 11) is 1.58. The number of nitrogen functional groups attached to an aromatic ring is 1. The lowest BCUT2D eigenvalue weighted by molar-refractivity contribution is 0.177. The second-order valence-corrected chi connectivity index (χ2v) is 4.31. The lowest BCUT2D eigenvalue weighted by atomic mass is 10.5. The predicted molar refractivity (Wildman–Crippen MR) is 62.5 cm³/mol. The Kier molecular flexibility index (Phi) is 3.60. The molecule has 0 aromatic carbocycles. The second kappa shape index (κ2) is 5.15. The summed E-state index contributed by atoms with van der Waals surface area (Å²) in [4.78, 5) is 12.5. The van der Waals surface area contributed by atoms with Crippen LogP contribution in [0.25, 0.3) is 0 Å². The lowest BCUT2D eigenvalue weighted by Crippen LogP contribution is -2.01. The van der Waals surface area contributed by atoms with Gasteiger partial charge in [0.05, 0.1) is 5.69 Å². The largest absolute Gasteiger partial charge is 0.439 e. The summed E-state index contributed by atoms with van der Waals surface area (Å²) in [6.07, 6.45) is 1.59. The third kappa shape index (κ3) is 3.18. The van der Waals surface area contributed by atoms with Crippen LogP contribution in [0, 0.1) is 6.92 Å². The highest BCUT2D eigenvalue weighted by molar-refractivity contribution is 7.99. The number of rotatable bonds is 4. The quantitative estimate of drug-likeness (QED) is 0.828. The summed E-state index contributed by atoms with van der Waals surface area (Å²) < 4.78 is 10.2. The Hall–Kier alpha value is -1.60. The van der Waals surface area contributed by atoms with Crippen molar-refractivity contribution < 1.29 is 9.15 Å². The van der Waals surface area contributed by atoms with E-state index in [4.69, 9.17) is 14.9 Å². The van der Waals surface area contributed by atoms with E-state index in [1.165, 1.54) is 11.8 Å². The highest BCUT2D eigenvalue weighted by Gasteiger charge is 2.08. The molecule has 2 aromatic heterocycles. The highest BCUT2D eigenvalue weighted by atomic mass is 32.2. The van der Waals surface area contributed by atoms with Gasteiger partial charge in [0.2, 0.25) is 0 Å². The van der Waals surface area contributed by atoms with Gasteiger partial charge in [-0.05, 0) is 18.7 Å². The molecule has 2 N–H and O–H groups in total. The molecule has 0 atom stereocenters. The Morgan fingerprint density at radius 2 is 2.24 bits per heavy atom. The van der Waals surface area contributed by atoms with Crippen molar-refractivity contribution in [2.75, 3.05) is 12.8 Å². The lowest BCUT2D eigenvalue weighted by Gasteiger charge is -2.02. The van der Waals surface area contributed by atoms with E-state index in [1.54, 1.807) is 19.4 Å². The van der Waals surface area contributed by atoms with Gasteiger partial charge in [-0.15, -0.1) is 0 Å². The van der Waals surface area contributed by atoms with Gasteiger partial charge in [0.25, 0.3) is 5.22 Å². The fourth-order valence-electron chi connectivity index (χ4n) is 1.21. The molecular weight excluding hydrogens is 240 g/mol. The number of methoxy groups -OCH3 is 1. The standard InChI is InChI=1S/C10H12N4O2S/c1-6-4-16-10(12-6)17-9-3-7(11)13-8(14-9)5-15-2/h3-4H,5H2,1-2H3,(H2,11,13,14). The monoisotopic (exact) mass is 252 g/mol. The van der Waals surface area contributed by atoms with Crippen molar-refractivity contribution in [1.29, 1.82) is 0 Å². The molecule has 0 aliphatic rings. The molecule has 0 bridgehead atoms. The van der Waals surface area contributed by atoms with Crippen molar-refractivity contribution in [2.45, 2.75) is 23.8 Å². The number of anilines is 1. The number of nitrogens with two attached hydrogens (primary N) is 1. The van der Waals surface area contributed by atoms with Crippen LogP contribution >= 0.6 is 11.8 Å². The van der Waals surface area contributed by atoms with Gasteiger partial charge in [-0.3, -0.25) is 0 Å². The van der Waals surface area contributed by atoms with Crippen molar-refractivity contribution in [3.63, 3.8) is 0 Å². The van der Waals surface area contributed by atoms with Gasteiger partial charge in [0, 0.05) is 13.2 Å². The molecule has 0 saturated heterocycles. The van der Waals surface area contributed by atoms with Gasteiger partial charge in [0.15, 0.2) is 5.82 Å². The maximum absolute atomic E-state index is 5.68. The number of hydrogen-bond acceptors (Lipinski definition) is 7. The van der Waals surface area contributed by atoms with Crippen molar-refractivity contribution in [1.82, 2.24) is 15.0 Å². The number of ether oxygens (including phenoxy) is 1. The summed E-state index contributed by atoms with van der Waals surface area (Å²) in [6, 6.07) is 1.67. The van der Waals surface area contributed by atoms with E-state index in [0.717, 1.165) is 5.69 Å². The predicted octanol–water partition coefficient (Wildman–Crippen LogP) is 1.65. The Morgan fingerprint density at radius 3 is 2.88 bits per heavy atom. The van der Waals surface area contributed by atoms with Crippen LogP contribution in [0.2, 0.25) is 0 Å². The third-order valence-electron chi connectivity index (χ3n) is 1.83. The third-order valence-corrected chi connectivity index (χ3v) is 2.61. The van der Waals surface area contributed by atoms with Crippen LogP contribution < -0.4 is 5.73 Å². The maximum Gasteiger partial charge on any atom is 0.262 e. The van der Waals surface area contributed by atoms with Gasteiger partial charge in [-0.1, -0.05) is 0 Å². The SMILES string of the molecule is COCc1nc(N)cc(Sc2nc(C)co2)n1. The first kappa shape index (κ1) is 11.9. The molecular formula is C10H12N4O2S. The first-order valence-electron chi connectivity index (χ1n) is 4.89. The number of nitrogens with zero attached hydrogens (tertiary/aromatic N) is 3. The summed E-state index contributed by atoms with van der Waals surface area (Å²) in [6.45, 7) is 2.18. The van der Waals surface area contributed by atoms with Crippen molar-refractivity contribution in [2.24, 2.45) is 0 Å². The zero-order chi connectivity index (χ0) is 12.3. The highest BCUT2D eigenvalue weighted by Crippen LogP contribution is 2.26. The number of oxazole rings is 1. The molecule has 2 heterocycles. The van der Waals surface area contributed by atoms with Crippen molar-refractivity contribution >= 4 is 17.6 Å². The average molecular weight is 252 g/mol. The van der Waals surface area contributed by atoms with Gasteiger partial charge >= 0.3 is 0 Å². The molecule has 90 valence electrons. The minimum absolute atomic E-state index is 0.323. The maximum atomic E-state index is 5.68. The fourth-order valence-corrected chi connectivity index (χ4v) is 2.00. The molecule has 2 aromatic rings. The van der Waals surface area contributed by atoms with Gasteiger partial charge in [-0.25, -0.2) is 15.0 Å². The van der Waals surface area contributed by atoms with Crippen LogP contribution in [0.4, 0.5) is 5.82 Å². The van der Waals surface area contributed by atoms with Gasteiger partial charge < -0.3 is 14.9 Å². The summed E-state index contributed by atoms with van der Waals surface area (Å²) >= 11 is 1.30. The summed E-state index contributed by atoms with van der Waals surface area (Å²) in [5.74, 6) is 0.941. The Bertz CT molecular complexity index is 515. The second-order valence-electron chi connectivity index (χ2n) is 3.34. The molecule has 7 heteroatoms. The summed E-state index contributed by atoms with van der Waals surface area (Å²) in [5.41, 5.74) is 6.50. The van der Waals surface area contributed by atoms with Gasteiger partial charge in [-0.2, -0.15) is 0 Å². The van der Waals surface area contributed by atoms with Crippen LogP contribution in [0.3, 0.4) is 0 Å². The molecule has 0 saturated carbocycles. The molecule has 0 aliphatic carbocycles. The zero-order valence-corrected chi connectivity index (χ0v) is 10.3. The molecule has 6 nitrogen and oxygen atoms in total. The van der Waals surface area contributed by atoms with Crippen LogP contribution in [0.5, 0.6) is 0 Å². The Morgan fingerprint density at radius 1 is 1.41 bits per heavy atom. The van der Waals surface area contributed by atoms with Crippen LogP contribution in [0.1, 0.15) is 11.5 Å². The van der Waals surface area contributed by atoms with Crippen LogP contribution in [-0.4, -0.2) is 22.1 Å². The van der Waals surface area contributed by atoms with E-state index in [1.807, 2.05) is 6.92 Å². The summed E-state index contributed by atoms with van der Waals surface area (Å²) in [5, 5.41) is 1.22. The molecule has 0 unspecified atom stereocenters. The first-order valence-corrected chi connectivity index (χ1v) is 5.71. The molecule has 0 spiro atoms. The van der Waals surface area contributed by atoms with Gasteiger partial charge in [0.1, 0.15) is 23.7 Å². The molecule has 0 fully saturated rings. The van der Waals surface area contributed by atoms with E-state index in [-0.39, 0.29) is 0 Å². The topological polar surface area (TPSA) is 87.1 Å². The van der Waals surface area contributed by atoms with E-state index < -0.39 is 0 Å². The van der Waals surface area contributed by atoms with E-state index in [0.29, 0.717) is 28.5 Å². The molecule has 0 amide bonds. The first-order chi connectivity index (χ1) is 8.17. The smallest absolute Gasteiger partial charge is 0.262 e. The van der Waals surface area contributed by atoms with E-state index >= 15 is 0 Å². The van der Waals surface area contributed by atoms with E-state index in [9.17, 15) is 0 Å². The molecule has 0 aliphatic heterocycles. The Labute approximate surface area is 103 Å². The van der Waals surface area contributed by atoms with Crippen LogP contribution in [0.15, 0.2) is 27.0 Å². The van der Waals surface area contributed by atoms with Crippen molar-refractivity contribution in [3.8, 4) is 0 Å². The van der Waals surface area contributed by atoms with E-state index in [2.05, 4.69) is 15.0 Å². The average Bonchev–Trinajstić information content (AvgIpc) is 2.63. The molecule has 17 heavy (non-hydrogen) atoms. The number of aryl methyl sites for hydroxylation is 1. The Balaban J connectivity index is 2.20.